The van der Waals surface area contributed by atoms with Crippen LogP contribution in [0.1, 0.15) is 33.6 Å². The molecule has 3 rings (SSSR count). The molecule has 0 aromatic carbocycles. The average molecular weight is 388 g/mol. The maximum absolute atomic E-state index is 4.56. The average Bonchev–Trinajstić information content (AvgIpc) is 2.73. The fourth-order valence-electron chi connectivity index (χ4n) is 4.25. The first-order valence-corrected chi connectivity index (χ1v) is 10.8. The molecule has 0 bridgehead atoms. The molecule has 2 fully saturated rings. The summed E-state index contributed by atoms with van der Waals surface area (Å²) in [5, 5.41) is 3.67. The van der Waals surface area contributed by atoms with Gasteiger partial charge >= 0.3 is 0 Å². The van der Waals surface area contributed by atoms with Crippen LogP contribution in [0.25, 0.3) is 0 Å². The number of hydrogen-bond acceptors (Lipinski definition) is 5. The molecule has 2 aliphatic rings. The summed E-state index contributed by atoms with van der Waals surface area (Å²) < 4.78 is 0. The fraction of sp³-hybridized carbons (Fsp3) is 0.762. The molecule has 28 heavy (non-hydrogen) atoms. The number of anilines is 1. The summed E-state index contributed by atoms with van der Waals surface area (Å²) in [5.41, 5.74) is 0. The Labute approximate surface area is 170 Å². The van der Waals surface area contributed by atoms with Crippen LogP contribution in [0.5, 0.6) is 0 Å². The van der Waals surface area contributed by atoms with Gasteiger partial charge < -0.3 is 15.1 Å². The van der Waals surface area contributed by atoms with Gasteiger partial charge in [0.1, 0.15) is 0 Å². The molecular weight excluding hydrogens is 350 g/mol. The number of aliphatic imine (C=N–C) groups is 1. The second-order valence-electron chi connectivity index (χ2n) is 8.48. The predicted octanol–water partition coefficient (Wildman–Crippen LogP) is 1.93. The zero-order valence-electron chi connectivity index (χ0n) is 18.0. The van der Waals surface area contributed by atoms with Crippen molar-refractivity contribution in [2.45, 2.75) is 39.7 Å². The van der Waals surface area contributed by atoms with E-state index in [-0.39, 0.29) is 0 Å². The van der Waals surface area contributed by atoms with Crippen molar-refractivity contribution in [2.75, 3.05) is 57.8 Å². The van der Waals surface area contributed by atoms with Crippen LogP contribution in [0.2, 0.25) is 0 Å². The summed E-state index contributed by atoms with van der Waals surface area (Å²) in [6, 6.07) is 2.42. The Morgan fingerprint density at radius 3 is 2.32 bits per heavy atom. The Morgan fingerprint density at radius 2 is 1.75 bits per heavy atom. The Bertz CT molecular complexity index is 602. The molecule has 0 saturated carbocycles. The molecule has 0 aliphatic carbocycles. The SMILES string of the molecule is CN=C(NCC(C(C)C)N1CCC(C)CC1)N1CCN(c2ncccn2)CC1. The van der Waals surface area contributed by atoms with Gasteiger partial charge in [0.15, 0.2) is 5.96 Å². The Hall–Kier alpha value is -1.89. The van der Waals surface area contributed by atoms with Gasteiger partial charge in [-0.05, 0) is 43.8 Å². The maximum atomic E-state index is 4.56. The van der Waals surface area contributed by atoms with Crippen molar-refractivity contribution >= 4 is 11.9 Å². The number of rotatable bonds is 5. The van der Waals surface area contributed by atoms with Gasteiger partial charge in [0.05, 0.1) is 0 Å². The third-order valence-electron chi connectivity index (χ3n) is 6.15. The molecule has 1 unspecified atom stereocenters. The normalized spacial score (nSPS) is 21.2. The minimum absolute atomic E-state index is 0.559. The largest absolute Gasteiger partial charge is 0.355 e. The molecule has 1 atom stereocenters. The van der Waals surface area contributed by atoms with Crippen molar-refractivity contribution in [3.63, 3.8) is 0 Å². The van der Waals surface area contributed by atoms with Gasteiger partial charge in [-0.25, -0.2) is 9.97 Å². The minimum Gasteiger partial charge on any atom is -0.355 e. The summed E-state index contributed by atoms with van der Waals surface area (Å²) in [7, 11) is 1.89. The summed E-state index contributed by atoms with van der Waals surface area (Å²) >= 11 is 0. The van der Waals surface area contributed by atoms with Crippen LogP contribution in [0.15, 0.2) is 23.5 Å². The molecule has 7 nitrogen and oxygen atoms in total. The minimum atomic E-state index is 0.559. The van der Waals surface area contributed by atoms with Crippen molar-refractivity contribution in [3.8, 4) is 0 Å². The third kappa shape index (κ3) is 5.34. The number of nitrogens with one attached hydrogen (secondary N) is 1. The maximum Gasteiger partial charge on any atom is 0.225 e. The first-order valence-electron chi connectivity index (χ1n) is 10.8. The second kappa shape index (κ2) is 10.0. The molecule has 2 saturated heterocycles. The number of guanidine groups is 1. The molecule has 0 radical (unpaired) electrons. The number of likely N-dealkylation sites (tertiary alicyclic amines) is 1. The van der Waals surface area contributed by atoms with E-state index in [0.717, 1.165) is 50.5 Å². The number of hydrogen-bond donors (Lipinski definition) is 1. The third-order valence-corrected chi connectivity index (χ3v) is 6.15. The molecule has 3 heterocycles. The van der Waals surface area contributed by atoms with E-state index < -0.39 is 0 Å². The van der Waals surface area contributed by atoms with Crippen LogP contribution in [0.4, 0.5) is 5.95 Å². The van der Waals surface area contributed by atoms with Gasteiger partial charge in [-0.1, -0.05) is 20.8 Å². The Balaban J connectivity index is 1.51. The van der Waals surface area contributed by atoms with Crippen LogP contribution in [0.3, 0.4) is 0 Å². The van der Waals surface area contributed by atoms with Gasteiger partial charge in [0.25, 0.3) is 0 Å². The van der Waals surface area contributed by atoms with Gasteiger partial charge in [0, 0.05) is 58.2 Å². The molecule has 1 aromatic rings. The van der Waals surface area contributed by atoms with Crippen molar-refractivity contribution in [3.05, 3.63) is 18.5 Å². The van der Waals surface area contributed by atoms with Crippen LogP contribution in [0, 0.1) is 11.8 Å². The highest BCUT2D eigenvalue weighted by atomic mass is 15.4. The lowest BCUT2D eigenvalue weighted by Gasteiger charge is -2.40. The molecule has 1 N–H and O–H groups in total. The van der Waals surface area contributed by atoms with Gasteiger partial charge in [-0.3, -0.25) is 9.89 Å². The van der Waals surface area contributed by atoms with E-state index in [1.807, 2.05) is 25.5 Å². The summed E-state index contributed by atoms with van der Waals surface area (Å²) in [4.78, 5) is 20.6. The lowest BCUT2D eigenvalue weighted by molar-refractivity contribution is 0.109. The number of nitrogens with zero attached hydrogens (tertiary/aromatic N) is 6. The van der Waals surface area contributed by atoms with E-state index in [0.29, 0.717) is 12.0 Å². The van der Waals surface area contributed by atoms with Gasteiger partial charge in [-0.15, -0.1) is 0 Å². The molecule has 7 heteroatoms. The number of aromatic nitrogens is 2. The zero-order valence-corrected chi connectivity index (χ0v) is 18.0. The lowest BCUT2D eigenvalue weighted by Crippen LogP contribution is -2.56. The van der Waals surface area contributed by atoms with E-state index in [1.165, 1.54) is 25.9 Å². The number of piperidine rings is 1. The quantitative estimate of drug-likeness (QED) is 0.615. The van der Waals surface area contributed by atoms with Crippen LogP contribution in [-0.4, -0.2) is 84.6 Å². The predicted molar refractivity (Wildman–Crippen MR) is 116 cm³/mol. The summed E-state index contributed by atoms with van der Waals surface area (Å²) in [5.74, 6) is 3.34. The second-order valence-corrected chi connectivity index (χ2v) is 8.48. The standard InChI is InChI=1S/C21H37N7/c1-17(2)19(26-10-6-18(3)7-11-26)16-25-20(22-4)27-12-14-28(15-13-27)21-23-8-5-9-24-21/h5,8-9,17-19H,6-7,10-16H2,1-4H3,(H,22,25). The topological polar surface area (TPSA) is 59.9 Å². The van der Waals surface area contributed by atoms with E-state index >= 15 is 0 Å². The van der Waals surface area contributed by atoms with E-state index in [2.05, 4.69) is 55.7 Å². The smallest absolute Gasteiger partial charge is 0.225 e. The van der Waals surface area contributed by atoms with Crippen molar-refractivity contribution < 1.29 is 0 Å². The molecule has 1 aromatic heterocycles. The van der Waals surface area contributed by atoms with Gasteiger partial charge in [-0.2, -0.15) is 0 Å². The molecular formula is C21H37N7. The summed E-state index contributed by atoms with van der Waals surface area (Å²) in [6.07, 6.45) is 6.26. The summed E-state index contributed by atoms with van der Waals surface area (Å²) in [6.45, 7) is 14.2. The molecule has 0 spiro atoms. The highest BCUT2D eigenvalue weighted by molar-refractivity contribution is 5.80. The fourth-order valence-corrected chi connectivity index (χ4v) is 4.25. The van der Waals surface area contributed by atoms with Crippen molar-refractivity contribution in [1.82, 2.24) is 25.1 Å². The monoisotopic (exact) mass is 387 g/mol. The molecule has 156 valence electrons. The van der Waals surface area contributed by atoms with Crippen molar-refractivity contribution in [2.24, 2.45) is 16.8 Å². The zero-order chi connectivity index (χ0) is 19.9. The number of piperazine rings is 1. The van der Waals surface area contributed by atoms with Crippen LogP contribution < -0.4 is 10.2 Å². The first-order chi connectivity index (χ1) is 13.6. The van der Waals surface area contributed by atoms with Gasteiger partial charge in [0.2, 0.25) is 5.95 Å². The molecule has 2 aliphatic heterocycles. The first kappa shape index (κ1) is 20.8. The highest BCUT2D eigenvalue weighted by Gasteiger charge is 2.27. The Morgan fingerprint density at radius 1 is 1.11 bits per heavy atom. The van der Waals surface area contributed by atoms with Crippen LogP contribution >= 0.6 is 0 Å². The van der Waals surface area contributed by atoms with E-state index in [1.54, 1.807) is 0 Å². The van der Waals surface area contributed by atoms with E-state index in [4.69, 9.17) is 0 Å². The van der Waals surface area contributed by atoms with Crippen LogP contribution in [-0.2, 0) is 0 Å². The molecule has 0 amide bonds. The van der Waals surface area contributed by atoms with Crippen molar-refractivity contribution in [1.29, 1.82) is 0 Å². The lowest BCUT2D eigenvalue weighted by atomic mass is 9.94. The Kier molecular flexibility index (Phi) is 7.48. The highest BCUT2D eigenvalue weighted by Crippen LogP contribution is 2.21. The van der Waals surface area contributed by atoms with E-state index in [9.17, 15) is 0 Å².